The molecule has 1 saturated carbocycles. The molecular weight excluding hydrogens is 432 g/mol. The van der Waals surface area contributed by atoms with Gasteiger partial charge in [-0.25, -0.2) is 9.59 Å². The summed E-state index contributed by atoms with van der Waals surface area (Å²) in [7, 11) is 0. The maximum absolute atomic E-state index is 13.3. The van der Waals surface area contributed by atoms with Crippen molar-refractivity contribution in [2.24, 2.45) is 17.8 Å². The number of carbonyl (C=O) groups excluding carboxylic acids is 4. The molecule has 0 radical (unpaired) electrons. The SMILES string of the molecule is C=C1C(=O)O[C@@H]2C1[C@H](OC(=O)C(C)C)C(=O)C(C)C[C@H](O)C[C@](C)(O)C2OC(=O)/C(C)=C/C. The fraction of sp³-hybridized carbons (Fsp3) is 0.667. The van der Waals surface area contributed by atoms with Crippen LogP contribution in [0.25, 0.3) is 0 Å². The van der Waals surface area contributed by atoms with Crippen molar-refractivity contribution < 1.29 is 43.6 Å². The van der Waals surface area contributed by atoms with Gasteiger partial charge in [0.2, 0.25) is 0 Å². The molecule has 2 aliphatic rings. The van der Waals surface area contributed by atoms with Crippen LogP contribution in [0.15, 0.2) is 23.8 Å². The second-order valence-electron chi connectivity index (χ2n) is 9.48. The first kappa shape index (κ1) is 26.7. The van der Waals surface area contributed by atoms with Crippen molar-refractivity contribution >= 4 is 23.7 Å². The van der Waals surface area contributed by atoms with E-state index in [1.54, 1.807) is 27.7 Å². The number of allylic oxidation sites excluding steroid dienone is 1. The predicted octanol–water partition coefficient (Wildman–Crippen LogP) is 1.64. The second-order valence-corrected chi connectivity index (χ2v) is 9.48. The number of aliphatic hydroxyl groups is 2. The smallest absolute Gasteiger partial charge is 0.334 e. The zero-order valence-electron chi connectivity index (χ0n) is 20.0. The third-order valence-corrected chi connectivity index (χ3v) is 6.24. The van der Waals surface area contributed by atoms with Gasteiger partial charge in [0, 0.05) is 23.5 Å². The van der Waals surface area contributed by atoms with E-state index < -0.39 is 71.5 Å². The first-order valence-corrected chi connectivity index (χ1v) is 11.1. The summed E-state index contributed by atoms with van der Waals surface area (Å²) in [4.78, 5) is 50.9. The third-order valence-electron chi connectivity index (χ3n) is 6.24. The summed E-state index contributed by atoms with van der Waals surface area (Å²) < 4.78 is 16.5. The van der Waals surface area contributed by atoms with Gasteiger partial charge in [-0.2, -0.15) is 0 Å². The minimum Gasteiger partial charge on any atom is -0.454 e. The van der Waals surface area contributed by atoms with Crippen molar-refractivity contribution in [2.75, 3.05) is 0 Å². The molecule has 9 nitrogen and oxygen atoms in total. The van der Waals surface area contributed by atoms with Crippen LogP contribution in [0, 0.1) is 17.8 Å². The maximum Gasteiger partial charge on any atom is 0.334 e. The van der Waals surface area contributed by atoms with Gasteiger partial charge in [0.15, 0.2) is 24.1 Å². The maximum atomic E-state index is 13.3. The average molecular weight is 467 g/mol. The summed E-state index contributed by atoms with van der Waals surface area (Å²) >= 11 is 0. The fourth-order valence-electron chi connectivity index (χ4n) is 4.14. The first-order chi connectivity index (χ1) is 15.2. The summed E-state index contributed by atoms with van der Waals surface area (Å²) in [5, 5.41) is 21.9. The standard InChI is InChI=1S/C24H34O9/c1-8-12(4)22(28)33-20-19-16(14(6)23(29)32-19)18(31-21(27)11(2)3)17(26)13(5)9-15(25)10-24(20,7)30/h8,11,13,15-16,18-20,25,30H,6,9-10H2,1-5,7H3/b12-8+/t13?,15-,16?,18-,19+,20?,24-/m0/s1. The van der Waals surface area contributed by atoms with E-state index in [1.807, 2.05) is 0 Å². The number of Topliss-reactive ketones (excluding diaryl/α,β-unsaturated/α-hetero) is 1. The molecule has 184 valence electrons. The molecule has 1 aliphatic heterocycles. The number of carbonyl (C=O) groups is 4. The monoisotopic (exact) mass is 466 g/mol. The minimum absolute atomic E-state index is 0.0298. The number of hydrogen-bond donors (Lipinski definition) is 2. The molecule has 0 aromatic rings. The minimum atomic E-state index is -1.84. The van der Waals surface area contributed by atoms with E-state index in [9.17, 15) is 29.4 Å². The highest BCUT2D eigenvalue weighted by atomic mass is 16.6. The Morgan fingerprint density at radius 2 is 1.88 bits per heavy atom. The van der Waals surface area contributed by atoms with Crippen molar-refractivity contribution in [3.63, 3.8) is 0 Å². The molecule has 1 saturated heterocycles. The molecule has 3 unspecified atom stereocenters. The van der Waals surface area contributed by atoms with E-state index >= 15 is 0 Å². The Kier molecular flexibility index (Phi) is 8.24. The lowest BCUT2D eigenvalue weighted by Gasteiger charge is -2.41. The number of hydrogen-bond acceptors (Lipinski definition) is 9. The third kappa shape index (κ3) is 5.70. The molecule has 0 aromatic carbocycles. The van der Waals surface area contributed by atoms with Crippen LogP contribution in [-0.4, -0.2) is 63.9 Å². The van der Waals surface area contributed by atoms with Gasteiger partial charge in [-0.05, 0) is 27.2 Å². The normalized spacial score (nSPS) is 35.7. The van der Waals surface area contributed by atoms with Crippen LogP contribution in [-0.2, 0) is 33.4 Å². The number of ether oxygens (including phenoxy) is 3. The quantitative estimate of drug-likeness (QED) is 0.360. The Balaban J connectivity index is 2.65. The Hall–Kier alpha value is -2.52. The molecule has 0 aromatic heterocycles. The molecule has 33 heavy (non-hydrogen) atoms. The highest BCUT2D eigenvalue weighted by molar-refractivity contribution is 5.95. The van der Waals surface area contributed by atoms with Crippen molar-refractivity contribution in [3.05, 3.63) is 23.8 Å². The highest BCUT2D eigenvalue weighted by Crippen LogP contribution is 2.41. The lowest BCUT2D eigenvalue weighted by atomic mass is 9.75. The Morgan fingerprint density at radius 3 is 2.42 bits per heavy atom. The molecule has 2 fully saturated rings. The average Bonchev–Trinajstić information content (AvgIpc) is 3.01. The van der Waals surface area contributed by atoms with Gasteiger partial charge in [0.25, 0.3) is 0 Å². The molecule has 1 aliphatic carbocycles. The van der Waals surface area contributed by atoms with Crippen molar-refractivity contribution in [3.8, 4) is 0 Å². The van der Waals surface area contributed by atoms with Crippen molar-refractivity contribution in [2.45, 2.75) is 84.4 Å². The van der Waals surface area contributed by atoms with Gasteiger partial charge in [0.1, 0.15) is 5.60 Å². The first-order valence-electron chi connectivity index (χ1n) is 11.1. The zero-order valence-corrected chi connectivity index (χ0v) is 20.0. The molecule has 0 amide bonds. The van der Waals surface area contributed by atoms with Gasteiger partial charge in [-0.1, -0.05) is 33.4 Å². The summed E-state index contributed by atoms with van der Waals surface area (Å²) in [6, 6.07) is 0. The lowest BCUT2D eigenvalue weighted by Crippen LogP contribution is -2.57. The lowest BCUT2D eigenvalue weighted by molar-refractivity contribution is -0.195. The van der Waals surface area contributed by atoms with Crippen LogP contribution in [0.3, 0.4) is 0 Å². The summed E-state index contributed by atoms with van der Waals surface area (Å²) in [6.45, 7) is 13.0. The van der Waals surface area contributed by atoms with E-state index in [-0.39, 0.29) is 24.0 Å². The second kappa shape index (κ2) is 10.2. The predicted molar refractivity (Wildman–Crippen MR) is 117 cm³/mol. The highest BCUT2D eigenvalue weighted by Gasteiger charge is 2.57. The van der Waals surface area contributed by atoms with Crippen LogP contribution in [0.4, 0.5) is 0 Å². The van der Waals surface area contributed by atoms with Crippen LogP contribution >= 0.6 is 0 Å². The molecule has 2 rings (SSSR count). The number of ketones is 1. The molecule has 0 bridgehead atoms. The summed E-state index contributed by atoms with van der Waals surface area (Å²) in [5.74, 6) is -5.31. The van der Waals surface area contributed by atoms with Gasteiger partial charge in [-0.3, -0.25) is 9.59 Å². The zero-order chi connectivity index (χ0) is 25.2. The van der Waals surface area contributed by atoms with Crippen LogP contribution < -0.4 is 0 Å². The van der Waals surface area contributed by atoms with E-state index in [4.69, 9.17) is 14.2 Å². The van der Waals surface area contributed by atoms with Gasteiger partial charge >= 0.3 is 17.9 Å². The molecule has 9 heteroatoms. The van der Waals surface area contributed by atoms with Gasteiger partial charge in [0.05, 0.1) is 17.9 Å². The molecule has 1 heterocycles. The molecule has 7 atom stereocenters. The van der Waals surface area contributed by atoms with Crippen LogP contribution in [0.1, 0.15) is 54.4 Å². The topological polar surface area (TPSA) is 136 Å². The largest absolute Gasteiger partial charge is 0.454 e. The molecule has 0 spiro atoms. The number of rotatable bonds is 4. The summed E-state index contributed by atoms with van der Waals surface area (Å²) in [5.41, 5.74) is -1.72. The fourth-order valence-corrected chi connectivity index (χ4v) is 4.14. The van der Waals surface area contributed by atoms with E-state index in [0.29, 0.717) is 0 Å². The number of esters is 3. The van der Waals surface area contributed by atoms with Crippen molar-refractivity contribution in [1.29, 1.82) is 0 Å². The Bertz CT molecular complexity index is 854. The Labute approximate surface area is 193 Å². The van der Waals surface area contributed by atoms with E-state index in [1.165, 1.54) is 19.9 Å². The number of aliphatic hydroxyl groups excluding tert-OH is 1. The van der Waals surface area contributed by atoms with Crippen molar-refractivity contribution in [1.82, 2.24) is 0 Å². The van der Waals surface area contributed by atoms with Gasteiger partial charge < -0.3 is 24.4 Å². The van der Waals surface area contributed by atoms with Crippen LogP contribution in [0.2, 0.25) is 0 Å². The van der Waals surface area contributed by atoms with E-state index in [2.05, 4.69) is 6.58 Å². The summed E-state index contributed by atoms with van der Waals surface area (Å²) in [6.07, 6.45) is -4.20. The van der Waals surface area contributed by atoms with Crippen LogP contribution in [0.5, 0.6) is 0 Å². The van der Waals surface area contributed by atoms with E-state index in [0.717, 1.165) is 0 Å². The Morgan fingerprint density at radius 1 is 1.27 bits per heavy atom. The van der Waals surface area contributed by atoms with Gasteiger partial charge in [-0.15, -0.1) is 0 Å². The molecule has 2 N–H and O–H groups in total. The number of fused-ring (bicyclic) bond motifs is 1. The molecular formula is C24H34O9.